The first-order chi connectivity index (χ1) is 5.80. The van der Waals surface area contributed by atoms with Crippen LogP contribution in [-0.4, -0.2) is 11.2 Å². The fraction of sp³-hybridized carbons (Fsp3) is 0.818. The lowest BCUT2D eigenvalue weighted by Crippen LogP contribution is -2.60. The van der Waals surface area contributed by atoms with Gasteiger partial charge in [0, 0.05) is 5.41 Å². The van der Waals surface area contributed by atoms with Crippen LogP contribution in [0.2, 0.25) is 0 Å². The Kier molecular flexibility index (Phi) is 1.16. The standard InChI is InChI=1S/C11H16O/c1-2-7-8-3-4-10(12)11(8)6-5-9(7)11/h5-10,12H,2-4H2,1H3. The van der Waals surface area contributed by atoms with E-state index in [9.17, 15) is 5.11 Å². The molecule has 0 radical (unpaired) electrons. The fourth-order valence-electron chi connectivity index (χ4n) is 3.99. The quantitative estimate of drug-likeness (QED) is 0.587. The van der Waals surface area contributed by atoms with Gasteiger partial charge in [-0.25, -0.2) is 0 Å². The van der Waals surface area contributed by atoms with E-state index in [1.54, 1.807) is 0 Å². The predicted molar refractivity (Wildman–Crippen MR) is 47.6 cm³/mol. The Labute approximate surface area is 73.5 Å². The molecule has 0 saturated heterocycles. The SMILES string of the molecule is CCC1C2C=CC23C(O)CCC13. The summed E-state index contributed by atoms with van der Waals surface area (Å²) in [5.74, 6) is 2.46. The number of allylic oxidation sites excluding steroid dienone is 1. The van der Waals surface area contributed by atoms with Crippen molar-refractivity contribution in [2.75, 3.05) is 0 Å². The summed E-state index contributed by atoms with van der Waals surface area (Å²) >= 11 is 0. The van der Waals surface area contributed by atoms with Crippen molar-refractivity contribution in [3.63, 3.8) is 0 Å². The van der Waals surface area contributed by atoms with E-state index in [0.29, 0.717) is 0 Å². The van der Waals surface area contributed by atoms with Gasteiger partial charge < -0.3 is 5.11 Å². The summed E-state index contributed by atoms with van der Waals surface area (Å²) in [6, 6.07) is 0. The van der Waals surface area contributed by atoms with Crippen LogP contribution < -0.4 is 0 Å². The summed E-state index contributed by atoms with van der Waals surface area (Å²) in [4.78, 5) is 0. The highest BCUT2D eigenvalue weighted by atomic mass is 16.3. The molecule has 0 aromatic carbocycles. The molecule has 0 aromatic rings. The molecule has 0 bridgehead atoms. The number of aliphatic hydroxyl groups is 1. The van der Waals surface area contributed by atoms with Crippen molar-refractivity contribution >= 4 is 0 Å². The molecule has 66 valence electrons. The molecule has 1 nitrogen and oxygen atoms in total. The third-order valence-electron chi connectivity index (χ3n) is 4.59. The predicted octanol–water partition coefficient (Wildman–Crippen LogP) is 1.97. The van der Waals surface area contributed by atoms with Crippen LogP contribution in [0.25, 0.3) is 0 Å². The van der Waals surface area contributed by atoms with E-state index in [1.165, 1.54) is 12.8 Å². The molecule has 0 heterocycles. The molecule has 2 saturated carbocycles. The van der Waals surface area contributed by atoms with Crippen molar-refractivity contribution in [1.29, 1.82) is 0 Å². The van der Waals surface area contributed by atoms with E-state index in [-0.39, 0.29) is 11.5 Å². The molecule has 2 fully saturated rings. The van der Waals surface area contributed by atoms with Gasteiger partial charge in [0.2, 0.25) is 0 Å². The van der Waals surface area contributed by atoms with Gasteiger partial charge >= 0.3 is 0 Å². The van der Waals surface area contributed by atoms with Crippen molar-refractivity contribution in [1.82, 2.24) is 0 Å². The highest BCUT2D eigenvalue weighted by Crippen LogP contribution is 2.70. The van der Waals surface area contributed by atoms with Crippen LogP contribution in [0.3, 0.4) is 0 Å². The minimum atomic E-state index is -0.0136. The molecule has 3 rings (SSSR count). The van der Waals surface area contributed by atoms with Crippen LogP contribution in [-0.2, 0) is 0 Å². The van der Waals surface area contributed by atoms with Crippen LogP contribution >= 0.6 is 0 Å². The van der Waals surface area contributed by atoms with Crippen molar-refractivity contribution in [3.05, 3.63) is 12.2 Å². The summed E-state index contributed by atoms with van der Waals surface area (Å²) in [7, 11) is 0. The van der Waals surface area contributed by atoms with Gasteiger partial charge in [-0.15, -0.1) is 0 Å². The molecule has 5 atom stereocenters. The van der Waals surface area contributed by atoms with E-state index in [2.05, 4.69) is 19.1 Å². The maximum Gasteiger partial charge on any atom is 0.0639 e. The smallest absolute Gasteiger partial charge is 0.0639 e. The van der Waals surface area contributed by atoms with E-state index >= 15 is 0 Å². The van der Waals surface area contributed by atoms with Gasteiger partial charge in [-0.3, -0.25) is 0 Å². The topological polar surface area (TPSA) is 20.2 Å². The average Bonchev–Trinajstić information content (AvgIpc) is 2.36. The van der Waals surface area contributed by atoms with Gasteiger partial charge in [-0.2, -0.15) is 0 Å². The summed E-state index contributed by atoms with van der Waals surface area (Å²) in [6.07, 6.45) is 8.20. The minimum Gasteiger partial charge on any atom is -0.392 e. The molecule has 12 heavy (non-hydrogen) atoms. The molecule has 0 aliphatic heterocycles. The first kappa shape index (κ1) is 7.14. The van der Waals surface area contributed by atoms with Crippen LogP contribution in [0.5, 0.6) is 0 Å². The monoisotopic (exact) mass is 164 g/mol. The van der Waals surface area contributed by atoms with Crippen LogP contribution in [0.15, 0.2) is 12.2 Å². The zero-order valence-electron chi connectivity index (χ0n) is 7.53. The first-order valence-corrected chi connectivity index (χ1v) is 5.18. The van der Waals surface area contributed by atoms with Gasteiger partial charge in [0.15, 0.2) is 0 Å². The van der Waals surface area contributed by atoms with Gasteiger partial charge in [0.25, 0.3) is 0 Å². The van der Waals surface area contributed by atoms with Gasteiger partial charge in [0.1, 0.15) is 0 Å². The summed E-state index contributed by atoms with van der Waals surface area (Å²) in [5, 5.41) is 9.86. The van der Waals surface area contributed by atoms with Crippen molar-refractivity contribution < 1.29 is 5.11 Å². The molecular formula is C11H16O. The van der Waals surface area contributed by atoms with Crippen LogP contribution in [0, 0.1) is 23.2 Å². The Morgan fingerprint density at radius 2 is 2.33 bits per heavy atom. The van der Waals surface area contributed by atoms with Crippen molar-refractivity contribution in [3.8, 4) is 0 Å². The average molecular weight is 164 g/mol. The number of rotatable bonds is 1. The van der Waals surface area contributed by atoms with E-state index in [0.717, 1.165) is 24.2 Å². The lowest BCUT2D eigenvalue weighted by Gasteiger charge is -2.63. The Morgan fingerprint density at radius 1 is 1.50 bits per heavy atom. The Morgan fingerprint density at radius 3 is 2.92 bits per heavy atom. The molecule has 0 aromatic heterocycles. The molecule has 0 amide bonds. The molecule has 1 N–H and O–H groups in total. The molecule has 3 aliphatic carbocycles. The number of aliphatic hydroxyl groups excluding tert-OH is 1. The molecule has 3 aliphatic rings. The number of hydrogen-bond donors (Lipinski definition) is 1. The van der Waals surface area contributed by atoms with Crippen LogP contribution in [0.1, 0.15) is 26.2 Å². The molecular weight excluding hydrogens is 148 g/mol. The molecule has 1 spiro atoms. The largest absolute Gasteiger partial charge is 0.392 e. The third-order valence-corrected chi connectivity index (χ3v) is 4.59. The third kappa shape index (κ3) is 0.490. The Balaban J connectivity index is 1.95. The van der Waals surface area contributed by atoms with E-state index in [1.807, 2.05) is 0 Å². The lowest BCUT2D eigenvalue weighted by atomic mass is 9.41. The minimum absolute atomic E-state index is 0.0136. The fourth-order valence-corrected chi connectivity index (χ4v) is 3.99. The van der Waals surface area contributed by atoms with Gasteiger partial charge in [-0.05, 0) is 30.6 Å². The van der Waals surface area contributed by atoms with Crippen molar-refractivity contribution in [2.24, 2.45) is 23.2 Å². The van der Waals surface area contributed by atoms with Crippen molar-refractivity contribution in [2.45, 2.75) is 32.3 Å². The maximum atomic E-state index is 9.86. The Bertz CT molecular complexity index is 245. The maximum absolute atomic E-state index is 9.86. The second-order valence-corrected chi connectivity index (χ2v) is 4.66. The van der Waals surface area contributed by atoms with Gasteiger partial charge in [-0.1, -0.05) is 25.5 Å². The molecule has 5 unspecified atom stereocenters. The molecule has 1 heteroatoms. The normalized spacial score (nSPS) is 60.2. The second kappa shape index (κ2) is 1.95. The zero-order valence-corrected chi connectivity index (χ0v) is 7.53. The zero-order chi connectivity index (χ0) is 8.34. The van der Waals surface area contributed by atoms with Gasteiger partial charge in [0.05, 0.1) is 6.10 Å². The highest BCUT2D eigenvalue weighted by molar-refractivity contribution is 5.34. The summed E-state index contributed by atoms with van der Waals surface area (Å²) < 4.78 is 0. The van der Waals surface area contributed by atoms with Crippen LogP contribution in [0.4, 0.5) is 0 Å². The second-order valence-electron chi connectivity index (χ2n) is 4.66. The Hall–Kier alpha value is -0.300. The number of hydrogen-bond acceptors (Lipinski definition) is 1. The summed E-state index contributed by atoms with van der Waals surface area (Å²) in [5.41, 5.74) is 0.278. The highest BCUT2D eigenvalue weighted by Gasteiger charge is 2.68. The van der Waals surface area contributed by atoms with E-state index in [4.69, 9.17) is 0 Å². The lowest BCUT2D eigenvalue weighted by molar-refractivity contribution is -0.117. The van der Waals surface area contributed by atoms with E-state index < -0.39 is 0 Å². The summed E-state index contributed by atoms with van der Waals surface area (Å²) in [6.45, 7) is 2.28. The first-order valence-electron chi connectivity index (χ1n) is 5.18.